The molecule has 1 aliphatic rings. The Kier molecular flexibility index (Phi) is 5.99. The molecule has 9 heteroatoms. The number of rotatable bonds is 5. The van der Waals surface area contributed by atoms with Gasteiger partial charge in [-0.25, -0.2) is 8.42 Å². The van der Waals surface area contributed by atoms with E-state index in [0.29, 0.717) is 26.4 Å². The third-order valence-electron chi connectivity index (χ3n) is 3.01. The van der Waals surface area contributed by atoms with Crippen molar-refractivity contribution in [3.05, 3.63) is 22.2 Å². The van der Waals surface area contributed by atoms with Crippen molar-refractivity contribution in [1.29, 1.82) is 0 Å². The minimum Gasteiger partial charge on any atom is -0.489 e. The fourth-order valence-electron chi connectivity index (χ4n) is 1.92. The second-order valence-electron chi connectivity index (χ2n) is 4.46. The fraction of sp³-hybridized carbons (Fsp3) is 0.500. The summed E-state index contributed by atoms with van der Waals surface area (Å²) in [4.78, 5) is 2.04. The highest BCUT2D eigenvalue weighted by atomic mass is 35.7. The molecule has 0 unspecified atom stereocenters. The third kappa shape index (κ3) is 4.87. The first-order valence-electron chi connectivity index (χ1n) is 6.24. The highest BCUT2D eigenvalue weighted by Crippen LogP contribution is 2.36. The van der Waals surface area contributed by atoms with E-state index in [1.54, 1.807) is 0 Å². The molecule has 0 atom stereocenters. The molecule has 5 nitrogen and oxygen atoms in total. The van der Waals surface area contributed by atoms with Crippen LogP contribution in [0.1, 0.15) is 0 Å². The Morgan fingerprint density at radius 2 is 1.76 bits per heavy atom. The van der Waals surface area contributed by atoms with Gasteiger partial charge >= 0.3 is 0 Å². The Labute approximate surface area is 138 Å². The standard InChI is InChI=1S/C12H14Cl3NO4S/c13-10-7-9(21(15,17)18)8-11(14)12(10)20-6-3-16-1-4-19-5-2-16/h7-8H,1-6H2. The normalized spacial score (nSPS) is 16.9. The molecule has 1 aliphatic heterocycles. The molecular formula is C12H14Cl3NO4S. The lowest BCUT2D eigenvalue weighted by Crippen LogP contribution is -2.38. The van der Waals surface area contributed by atoms with Crippen molar-refractivity contribution in [2.24, 2.45) is 0 Å². The number of hydrogen-bond acceptors (Lipinski definition) is 5. The van der Waals surface area contributed by atoms with Crippen LogP contribution < -0.4 is 4.74 Å². The summed E-state index contributed by atoms with van der Waals surface area (Å²) < 4.78 is 33.3. The predicted octanol–water partition coefficient (Wildman–Crippen LogP) is 2.63. The zero-order chi connectivity index (χ0) is 15.5. The summed E-state index contributed by atoms with van der Waals surface area (Å²) >= 11 is 12.0. The highest BCUT2D eigenvalue weighted by molar-refractivity contribution is 8.13. The molecule has 118 valence electrons. The lowest BCUT2D eigenvalue weighted by molar-refractivity contribution is 0.0322. The van der Waals surface area contributed by atoms with Gasteiger partial charge in [-0.05, 0) is 12.1 Å². The number of halogens is 3. The van der Waals surface area contributed by atoms with Crippen LogP contribution >= 0.6 is 33.9 Å². The van der Waals surface area contributed by atoms with Gasteiger partial charge in [0, 0.05) is 30.3 Å². The van der Waals surface area contributed by atoms with E-state index in [1.165, 1.54) is 12.1 Å². The average Bonchev–Trinajstić information content (AvgIpc) is 2.42. The molecular weight excluding hydrogens is 361 g/mol. The van der Waals surface area contributed by atoms with E-state index in [1.807, 2.05) is 0 Å². The highest BCUT2D eigenvalue weighted by Gasteiger charge is 2.17. The van der Waals surface area contributed by atoms with Gasteiger partial charge in [-0.1, -0.05) is 23.2 Å². The zero-order valence-corrected chi connectivity index (χ0v) is 14.1. The van der Waals surface area contributed by atoms with E-state index >= 15 is 0 Å². The molecule has 0 aliphatic carbocycles. The summed E-state index contributed by atoms with van der Waals surface area (Å²) in [5.74, 6) is 0.260. The van der Waals surface area contributed by atoms with Crippen molar-refractivity contribution < 1.29 is 17.9 Å². The molecule has 0 saturated carbocycles. The summed E-state index contributed by atoms with van der Waals surface area (Å²) in [5.41, 5.74) is 0. The van der Waals surface area contributed by atoms with Gasteiger partial charge in [-0.3, -0.25) is 4.90 Å². The molecule has 0 N–H and O–H groups in total. The fourth-order valence-corrected chi connectivity index (χ4v) is 3.43. The van der Waals surface area contributed by atoms with Gasteiger partial charge in [0.25, 0.3) is 9.05 Å². The maximum atomic E-state index is 11.3. The van der Waals surface area contributed by atoms with Crippen molar-refractivity contribution in [3.8, 4) is 5.75 Å². The predicted molar refractivity (Wildman–Crippen MR) is 82.3 cm³/mol. The maximum Gasteiger partial charge on any atom is 0.261 e. The Bertz CT molecular complexity index is 580. The summed E-state index contributed by atoms with van der Waals surface area (Å²) in [6.45, 7) is 4.24. The Hall–Kier alpha value is -0.240. The minimum atomic E-state index is -3.88. The molecule has 0 radical (unpaired) electrons. The summed E-state index contributed by atoms with van der Waals surface area (Å²) in [6, 6.07) is 2.44. The summed E-state index contributed by atoms with van der Waals surface area (Å²) in [6.07, 6.45) is 0. The van der Waals surface area contributed by atoms with Crippen LogP contribution in [0.5, 0.6) is 5.75 Å². The summed E-state index contributed by atoms with van der Waals surface area (Å²) in [7, 11) is 1.38. The first-order valence-corrected chi connectivity index (χ1v) is 9.31. The van der Waals surface area contributed by atoms with Crippen LogP contribution in [0.25, 0.3) is 0 Å². The van der Waals surface area contributed by atoms with Gasteiger partial charge in [-0.2, -0.15) is 0 Å². The van der Waals surface area contributed by atoms with E-state index in [9.17, 15) is 8.42 Å². The lowest BCUT2D eigenvalue weighted by Gasteiger charge is -2.26. The Morgan fingerprint density at radius 3 is 2.29 bits per heavy atom. The van der Waals surface area contributed by atoms with Crippen LogP contribution in [0.2, 0.25) is 10.0 Å². The number of morpholine rings is 1. The van der Waals surface area contributed by atoms with Crippen LogP contribution in [0, 0.1) is 0 Å². The Balaban J connectivity index is 2.00. The average molecular weight is 375 g/mol. The largest absolute Gasteiger partial charge is 0.489 e. The van der Waals surface area contributed by atoms with Gasteiger partial charge in [0.2, 0.25) is 0 Å². The molecule has 21 heavy (non-hydrogen) atoms. The van der Waals surface area contributed by atoms with Gasteiger partial charge in [-0.15, -0.1) is 0 Å². The maximum absolute atomic E-state index is 11.3. The number of nitrogens with zero attached hydrogens (tertiary/aromatic N) is 1. The van der Waals surface area contributed by atoms with Crippen LogP contribution in [0.15, 0.2) is 17.0 Å². The molecule has 1 aromatic rings. The third-order valence-corrected chi connectivity index (χ3v) is 4.91. The van der Waals surface area contributed by atoms with Crippen LogP contribution in [0.4, 0.5) is 0 Å². The Morgan fingerprint density at radius 1 is 1.19 bits per heavy atom. The molecule has 1 aromatic carbocycles. The van der Waals surface area contributed by atoms with Gasteiger partial charge in [0.1, 0.15) is 6.61 Å². The second kappa shape index (κ2) is 7.35. The van der Waals surface area contributed by atoms with Crippen molar-refractivity contribution in [2.45, 2.75) is 4.90 Å². The molecule has 0 bridgehead atoms. The first kappa shape index (κ1) is 17.1. The monoisotopic (exact) mass is 373 g/mol. The SMILES string of the molecule is O=S(=O)(Cl)c1cc(Cl)c(OCCN2CCOCC2)c(Cl)c1. The van der Waals surface area contributed by atoms with E-state index in [0.717, 1.165) is 13.1 Å². The van der Waals surface area contributed by atoms with Gasteiger partial charge in [0.15, 0.2) is 5.75 Å². The quantitative estimate of drug-likeness (QED) is 0.742. The van der Waals surface area contributed by atoms with Gasteiger partial charge < -0.3 is 9.47 Å². The van der Waals surface area contributed by atoms with Crippen molar-refractivity contribution in [2.75, 3.05) is 39.5 Å². The number of hydrogen-bond donors (Lipinski definition) is 0. The molecule has 0 spiro atoms. The number of ether oxygens (including phenoxy) is 2. The summed E-state index contributed by atoms with van der Waals surface area (Å²) in [5, 5.41) is 0.229. The molecule has 0 aromatic heterocycles. The van der Waals surface area contributed by atoms with Crippen molar-refractivity contribution in [3.63, 3.8) is 0 Å². The molecule has 0 amide bonds. The molecule has 1 heterocycles. The van der Waals surface area contributed by atoms with Crippen LogP contribution in [-0.4, -0.2) is 52.8 Å². The van der Waals surface area contributed by atoms with Crippen molar-refractivity contribution in [1.82, 2.24) is 4.90 Å². The molecule has 2 rings (SSSR count). The van der Waals surface area contributed by atoms with E-state index in [4.69, 9.17) is 43.4 Å². The smallest absolute Gasteiger partial charge is 0.261 e. The van der Waals surface area contributed by atoms with Crippen LogP contribution in [-0.2, 0) is 13.8 Å². The van der Waals surface area contributed by atoms with Crippen molar-refractivity contribution >= 4 is 42.9 Å². The van der Waals surface area contributed by atoms with E-state index in [-0.39, 0.29) is 20.7 Å². The van der Waals surface area contributed by atoms with E-state index < -0.39 is 9.05 Å². The topological polar surface area (TPSA) is 55.8 Å². The lowest BCUT2D eigenvalue weighted by atomic mass is 10.3. The number of benzene rings is 1. The first-order chi connectivity index (χ1) is 9.88. The van der Waals surface area contributed by atoms with Crippen LogP contribution in [0.3, 0.4) is 0 Å². The van der Waals surface area contributed by atoms with E-state index in [2.05, 4.69) is 4.90 Å². The molecule has 1 fully saturated rings. The second-order valence-corrected chi connectivity index (χ2v) is 7.84. The van der Waals surface area contributed by atoms with Gasteiger partial charge in [0.05, 0.1) is 28.2 Å². The molecule has 1 saturated heterocycles. The minimum absolute atomic E-state index is 0.115. The zero-order valence-electron chi connectivity index (χ0n) is 11.0.